The number of hydrogen-bond acceptors (Lipinski definition) is 4. The van der Waals surface area contributed by atoms with Crippen molar-refractivity contribution in [1.29, 1.82) is 0 Å². The van der Waals surface area contributed by atoms with Gasteiger partial charge in [-0.25, -0.2) is 13.1 Å². The SMILES string of the molecule is CN(C)[C@@H](CNS(=O)(=O)c1cccc(Cl)c1)c1ccsc1. The fourth-order valence-electron chi connectivity index (χ4n) is 1.97. The first-order chi connectivity index (χ1) is 9.90. The first kappa shape index (κ1) is 16.5. The third kappa shape index (κ3) is 4.28. The van der Waals surface area contributed by atoms with Gasteiger partial charge in [-0.15, -0.1) is 0 Å². The van der Waals surface area contributed by atoms with Gasteiger partial charge in [0.25, 0.3) is 0 Å². The summed E-state index contributed by atoms with van der Waals surface area (Å²) in [5.74, 6) is 0. The summed E-state index contributed by atoms with van der Waals surface area (Å²) in [7, 11) is 0.293. The van der Waals surface area contributed by atoms with Crippen molar-refractivity contribution in [2.75, 3.05) is 20.6 Å². The minimum Gasteiger partial charge on any atom is -0.301 e. The van der Waals surface area contributed by atoms with Crippen molar-refractivity contribution in [2.24, 2.45) is 0 Å². The maximum atomic E-state index is 12.3. The average molecular weight is 345 g/mol. The highest BCUT2D eigenvalue weighted by atomic mass is 35.5. The second kappa shape index (κ2) is 6.89. The van der Waals surface area contributed by atoms with Crippen LogP contribution in [0.15, 0.2) is 46.0 Å². The Balaban J connectivity index is 2.13. The van der Waals surface area contributed by atoms with E-state index in [9.17, 15) is 8.42 Å². The number of sulfonamides is 1. The van der Waals surface area contributed by atoms with Crippen LogP contribution in [0.2, 0.25) is 5.02 Å². The lowest BCUT2D eigenvalue weighted by atomic mass is 10.1. The third-order valence-electron chi connectivity index (χ3n) is 3.12. The Bertz CT molecular complexity index is 685. The molecule has 0 aliphatic heterocycles. The summed E-state index contributed by atoms with van der Waals surface area (Å²) in [6, 6.07) is 8.24. The number of halogens is 1. The summed E-state index contributed by atoms with van der Waals surface area (Å²) in [4.78, 5) is 2.17. The number of nitrogens with one attached hydrogen (secondary N) is 1. The first-order valence-electron chi connectivity index (χ1n) is 6.34. The summed E-state index contributed by atoms with van der Waals surface area (Å²) in [6.07, 6.45) is 0. The maximum absolute atomic E-state index is 12.3. The van der Waals surface area contributed by atoms with Crippen molar-refractivity contribution in [2.45, 2.75) is 10.9 Å². The zero-order valence-electron chi connectivity index (χ0n) is 11.8. The van der Waals surface area contributed by atoms with E-state index in [4.69, 9.17) is 11.6 Å². The molecule has 1 heterocycles. The van der Waals surface area contributed by atoms with Crippen LogP contribution in [0.4, 0.5) is 0 Å². The summed E-state index contributed by atoms with van der Waals surface area (Å²) in [5, 5.41) is 4.41. The normalized spacial score (nSPS) is 13.5. The molecular weight excluding hydrogens is 328 g/mol. The number of likely N-dealkylation sites (N-methyl/N-ethyl adjacent to an activating group) is 1. The Morgan fingerprint density at radius 3 is 2.67 bits per heavy atom. The molecule has 0 bridgehead atoms. The quantitative estimate of drug-likeness (QED) is 0.876. The minimum absolute atomic E-state index is 0.00907. The van der Waals surface area contributed by atoms with Gasteiger partial charge in [-0.2, -0.15) is 11.3 Å². The van der Waals surface area contributed by atoms with Crippen molar-refractivity contribution in [1.82, 2.24) is 9.62 Å². The van der Waals surface area contributed by atoms with E-state index in [1.165, 1.54) is 12.1 Å². The summed E-state index contributed by atoms with van der Waals surface area (Å²) < 4.78 is 27.2. The van der Waals surface area contributed by atoms with E-state index in [-0.39, 0.29) is 10.9 Å². The zero-order chi connectivity index (χ0) is 15.5. The number of nitrogens with zero attached hydrogens (tertiary/aromatic N) is 1. The Morgan fingerprint density at radius 1 is 1.33 bits per heavy atom. The number of rotatable bonds is 6. The molecule has 0 amide bonds. The third-order valence-corrected chi connectivity index (χ3v) is 5.48. The van der Waals surface area contributed by atoms with Crippen LogP contribution < -0.4 is 4.72 Å². The smallest absolute Gasteiger partial charge is 0.240 e. The first-order valence-corrected chi connectivity index (χ1v) is 9.14. The summed E-state index contributed by atoms with van der Waals surface area (Å²) in [6.45, 7) is 0.304. The maximum Gasteiger partial charge on any atom is 0.240 e. The lowest BCUT2D eigenvalue weighted by Gasteiger charge is -2.24. The van der Waals surface area contributed by atoms with Crippen LogP contribution >= 0.6 is 22.9 Å². The van der Waals surface area contributed by atoms with E-state index >= 15 is 0 Å². The van der Waals surface area contributed by atoms with Crippen molar-refractivity contribution < 1.29 is 8.42 Å². The van der Waals surface area contributed by atoms with Gasteiger partial charge in [0.1, 0.15) is 0 Å². The zero-order valence-corrected chi connectivity index (χ0v) is 14.2. The van der Waals surface area contributed by atoms with Gasteiger partial charge in [-0.1, -0.05) is 17.7 Å². The molecule has 7 heteroatoms. The number of benzene rings is 1. The largest absolute Gasteiger partial charge is 0.301 e. The molecule has 0 aliphatic rings. The van der Waals surface area contributed by atoms with Gasteiger partial charge in [0.2, 0.25) is 10.0 Å². The van der Waals surface area contributed by atoms with E-state index < -0.39 is 10.0 Å². The molecule has 0 saturated heterocycles. The van der Waals surface area contributed by atoms with E-state index in [0.29, 0.717) is 11.6 Å². The minimum atomic E-state index is -3.56. The standard InChI is InChI=1S/C14H17ClN2O2S2/c1-17(2)14(11-6-7-20-10-11)9-16-21(18,19)13-5-3-4-12(15)8-13/h3-8,10,14,16H,9H2,1-2H3/t14-/m0/s1. The molecule has 0 fully saturated rings. The highest BCUT2D eigenvalue weighted by Gasteiger charge is 2.20. The molecule has 0 aliphatic carbocycles. The molecule has 1 aromatic carbocycles. The lowest BCUT2D eigenvalue weighted by molar-refractivity contribution is 0.300. The van der Waals surface area contributed by atoms with Crippen LogP contribution in [0.3, 0.4) is 0 Å². The van der Waals surface area contributed by atoms with Crippen LogP contribution in [0, 0.1) is 0 Å². The van der Waals surface area contributed by atoms with Crippen molar-refractivity contribution in [3.63, 3.8) is 0 Å². The van der Waals surface area contributed by atoms with Crippen LogP contribution in [0.5, 0.6) is 0 Å². The molecule has 0 unspecified atom stereocenters. The van der Waals surface area contributed by atoms with Crippen LogP contribution in [-0.4, -0.2) is 34.0 Å². The molecule has 0 spiro atoms. The molecule has 114 valence electrons. The topological polar surface area (TPSA) is 49.4 Å². The molecular formula is C14H17ClN2O2S2. The van der Waals surface area contributed by atoms with Crippen LogP contribution in [0.25, 0.3) is 0 Å². The van der Waals surface area contributed by atoms with Gasteiger partial charge in [-0.05, 0) is 54.7 Å². The van der Waals surface area contributed by atoms with Gasteiger partial charge in [0.15, 0.2) is 0 Å². The molecule has 1 aromatic heterocycles. The molecule has 0 radical (unpaired) electrons. The van der Waals surface area contributed by atoms with Crippen molar-refractivity contribution >= 4 is 33.0 Å². The Hall–Kier alpha value is -0.920. The van der Waals surface area contributed by atoms with E-state index in [0.717, 1.165) is 5.56 Å². The molecule has 2 rings (SSSR count). The van der Waals surface area contributed by atoms with Gasteiger partial charge >= 0.3 is 0 Å². The van der Waals surface area contributed by atoms with Gasteiger partial charge in [0.05, 0.1) is 4.90 Å². The summed E-state index contributed by atoms with van der Waals surface area (Å²) in [5.41, 5.74) is 1.10. The second-order valence-electron chi connectivity index (χ2n) is 4.85. The molecule has 0 saturated carbocycles. The molecule has 2 aromatic rings. The van der Waals surface area contributed by atoms with Gasteiger partial charge in [0, 0.05) is 17.6 Å². The molecule has 4 nitrogen and oxygen atoms in total. The fraction of sp³-hybridized carbons (Fsp3) is 0.286. The monoisotopic (exact) mass is 344 g/mol. The second-order valence-corrected chi connectivity index (χ2v) is 7.83. The Morgan fingerprint density at radius 2 is 2.10 bits per heavy atom. The van der Waals surface area contributed by atoms with E-state index in [2.05, 4.69) is 4.72 Å². The summed E-state index contributed by atoms with van der Waals surface area (Å²) >= 11 is 7.44. The van der Waals surface area contributed by atoms with Gasteiger partial charge in [-0.3, -0.25) is 0 Å². The average Bonchev–Trinajstić information content (AvgIpc) is 2.92. The van der Waals surface area contributed by atoms with E-state index in [1.807, 2.05) is 35.8 Å². The predicted octanol–water partition coefficient (Wildman–Crippen LogP) is 2.98. The molecule has 1 N–H and O–H groups in total. The fourth-order valence-corrected chi connectivity index (χ4v) is 4.02. The van der Waals surface area contributed by atoms with Gasteiger partial charge < -0.3 is 4.90 Å². The van der Waals surface area contributed by atoms with Crippen molar-refractivity contribution in [3.8, 4) is 0 Å². The van der Waals surface area contributed by atoms with Crippen LogP contribution in [0.1, 0.15) is 11.6 Å². The number of thiophene rings is 1. The lowest BCUT2D eigenvalue weighted by Crippen LogP contribution is -2.34. The molecule has 1 atom stereocenters. The number of hydrogen-bond donors (Lipinski definition) is 1. The van der Waals surface area contributed by atoms with E-state index in [1.54, 1.807) is 23.5 Å². The highest BCUT2D eigenvalue weighted by molar-refractivity contribution is 7.89. The Labute approximate surface area is 134 Å². The highest BCUT2D eigenvalue weighted by Crippen LogP contribution is 2.21. The predicted molar refractivity (Wildman–Crippen MR) is 87.4 cm³/mol. The van der Waals surface area contributed by atoms with Crippen LogP contribution in [-0.2, 0) is 10.0 Å². The Kier molecular flexibility index (Phi) is 5.40. The molecule has 21 heavy (non-hydrogen) atoms. The van der Waals surface area contributed by atoms with Crippen molar-refractivity contribution in [3.05, 3.63) is 51.7 Å².